The Hall–Kier alpha value is -1.25. The van der Waals surface area contributed by atoms with E-state index < -0.39 is 5.97 Å². The molecule has 1 rings (SSSR count). The first-order valence-corrected chi connectivity index (χ1v) is 3.98. The van der Waals surface area contributed by atoms with Crippen molar-refractivity contribution in [1.82, 2.24) is 0 Å². The van der Waals surface area contributed by atoms with Crippen molar-refractivity contribution in [2.45, 2.75) is 26.2 Å². The largest absolute Gasteiger partial charge is 0.475 e. The van der Waals surface area contributed by atoms with Gasteiger partial charge in [-0.1, -0.05) is 13.8 Å². The van der Waals surface area contributed by atoms with Gasteiger partial charge < -0.3 is 9.52 Å². The van der Waals surface area contributed by atoms with Crippen LogP contribution in [-0.2, 0) is 0 Å². The Balaban J connectivity index is 2.84. The van der Waals surface area contributed by atoms with E-state index in [1.54, 1.807) is 6.07 Å². The second-order valence-corrected chi connectivity index (χ2v) is 2.82. The van der Waals surface area contributed by atoms with E-state index in [1.165, 1.54) is 6.07 Å². The highest BCUT2D eigenvalue weighted by Gasteiger charge is 2.12. The average Bonchev–Trinajstić information content (AvgIpc) is 2.51. The van der Waals surface area contributed by atoms with Gasteiger partial charge in [-0.05, 0) is 18.6 Å². The zero-order valence-electron chi connectivity index (χ0n) is 7.20. The lowest BCUT2D eigenvalue weighted by atomic mass is 10.1. The van der Waals surface area contributed by atoms with Crippen LogP contribution in [0.15, 0.2) is 16.5 Å². The van der Waals surface area contributed by atoms with E-state index >= 15 is 0 Å². The van der Waals surface area contributed by atoms with E-state index in [9.17, 15) is 4.79 Å². The third-order valence-electron chi connectivity index (χ3n) is 1.94. The first-order valence-electron chi connectivity index (χ1n) is 3.98. The minimum absolute atomic E-state index is 0.0188. The van der Waals surface area contributed by atoms with Gasteiger partial charge in [-0.15, -0.1) is 0 Å². The third kappa shape index (κ3) is 1.67. The van der Waals surface area contributed by atoms with Crippen LogP contribution < -0.4 is 0 Å². The van der Waals surface area contributed by atoms with Crippen molar-refractivity contribution < 1.29 is 14.3 Å². The van der Waals surface area contributed by atoms with E-state index in [-0.39, 0.29) is 11.7 Å². The Labute approximate surface area is 71.0 Å². The van der Waals surface area contributed by atoms with Gasteiger partial charge in [0.05, 0.1) is 0 Å². The van der Waals surface area contributed by atoms with Crippen LogP contribution in [0.1, 0.15) is 42.5 Å². The molecule has 12 heavy (non-hydrogen) atoms. The summed E-state index contributed by atoms with van der Waals surface area (Å²) < 4.78 is 5.10. The summed E-state index contributed by atoms with van der Waals surface area (Å²) in [5.41, 5.74) is 0. The van der Waals surface area contributed by atoms with Gasteiger partial charge in [-0.2, -0.15) is 0 Å². The van der Waals surface area contributed by atoms with Crippen molar-refractivity contribution in [2.24, 2.45) is 0 Å². The summed E-state index contributed by atoms with van der Waals surface area (Å²) >= 11 is 0. The highest BCUT2D eigenvalue weighted by molar-refractivity contribution is 5.84. The zero-order chi connectivity index (χ0) is 9.14. The summed E-state index contributed by atoms with van der Waals surface area (Å²) in [6, 6.07) is 3.21. The van der Waals surface area contributed by atoms with Gasteiger partial charge >= 0.3 is 5.97 Å². The molecule has 1 aromatic rings. The number of carboxylic acids is 1. The minimum Gasteiger partial charge on any atom is -0.475 e. The Kier molecular flexibility index (Phi) is 2.53. The van der Waals surface area contributed by atoms with Crippen molar-refractivity contribution in [1.29, 1.82) is 0 Å². The van der Waals surface area contributed by atoms with E-state index in [2.05, 4.69) is 0 Å². The van der Waals surface area contributed by atoms with Crippen LogP contribution in [0.5, 0.6) is 0 Å². The summed E-state index contributed by atoms with van der Waals surface area (Å²) in [6.45, 7) is 4.04. The highest BCUT2D eigenvalue weighted by atomic mass is 16.4. The number of rotatable bonds is 3. The van der Waals surface area contributed by atoms with Crippen LogP contribution in [0.3, 0.4) is 0 Å². The molecule has 0 radical (unpaired) electrons. The maximum absolute atomic E-state index is 10.4. The molecule has 1 aromatic heterocycles. The molecule has 0 spiro atoms. The van der Waals surface area contributed by atoms with E-state index in [1.807, 2.05) is 13.8 Å². The fourth-order valence-electron chi connectivity index (χ4n) is 0.934. The lowest BCUT2D eigenvalue weighted by Crippen LogP contribution is -1.93. The summed E-state index contributed by atoms with van der Waals surface area (Å²) in [6.07, 6.45) is 0.951. The number of hydrogen-bond acceptors (Lipinski definition) is 2. The van der Waals surface area contributed by atoms with Gasteiger partial charge in [-0.25, -0.2) is 4.79 Å². The summed E-state index contributed by atoms with van der Waals surface area (Å²) in [5, 5.41) is 8.56. The lowest BCUT2D eigenvalue weighted by Gasteiger charge is -2.02. The molecule has 0 fully saturated rings. The Morgan fingerprint density at radius 2 is 2.33 bits per heavy atom. The van der Waals surface area contributed by atoms with Gasteiger partial charge in [-0.3, -0.25) is 0 Å². The molecular formula is C9H12O3. The zero-order valence-corrected chi connectivity index (χ0v) is 7.20. The van der Waals surface area contributed by atoms with Gasteiger partial charge in [0.1, 0.15) is 5.76 Å². The van der Waals surface area contributed by atoms with Crippen molar-refractivity contribution in [3.63, 3.8) is 0 Å². The maximum Gasteiger partial charge on any atom is 0.371 e. The first-order chi connectivity index (χ1) is 5.65. The summed E-state index contributed by atoms with van der Waals surface area (Å²) in [5.74, 6) is 0.0443. The van der Waals surface area contributed by atoms with Crippen LogP contribution >= 0.6 is 0 Å². The van der Waals surface area contributed by atoms with E-state index in [0.717, 1.165) is 12.2 Å². The highest BCUT2D eigenvalue weighted by Crippen LogP contribution is 2.20. The number of aromatic carboxylic acids is 1. The molecule has 0 aliphatic heterocycles. The normalized spacial score (nSPS) is 12.8. The molecule has 3 nitrogen and oxygen atoms in total. The van der Waals surface area contributed by atoms with Gasteiger partial charge in [0.25, 0.3) is 0 Å². The SMILES string of the molecule is CC[C@H](C)c1ccc(C(=O)O)o1. The number of carboxylic acid groups (broad SMARTS) is 1. The second kappa shape index (κ2) is 3.43. The van der Waals surface area contributed by atoms with Crippen molar-refractivity contribution >= 4 is 5.97 Å². The molecule has 3 heteroatoms. The van der Waals surface area contributed by atoms with Gasteiger partial charge in [0.15, 0.2) is 0 Å². The predicted molar refractivity (Wildman–Crippen MR) is 44.4 cm³/mol. The molecular weight excluding hydrogens is 156 g/mol. The Morgan fingerprint density at radius 3 is 2.75 bits per heavy atom. The molecule has 0 aliphatic rings. The minimum atomic E-state index is -1.01. The Morgan fingerprint density at radius 1 is 1.67 bits per heavy atom. The van der Waals surface area contributed by atoms with Crippen LogP contribution in [0.4, 0.5) is 0 Å². The van der Waals surface area contributed by atoms with E-state index in [4.69, 9.17) is 9.52 Å². The summed E-state index contributed by atoms with van der Waals surface area (Å²) in [4.78, 5) is 10.4. The number of furan rings is 1. The maximum atomic E-state index is 10.4. The predicted octanol–water partition coefficient (Wildman–Crippen LogP) is 2.49. The monoisotopic (exact) mass is 168 g/mol. The molecule has 0 amide bonds. The average molecular weight is 168 g/mol. The van der Waals surface area contributed by atoms with Crippen molar-refractivity contribution in [3.8, 4) is 0 Å². The first kappa shape index (κ1) is 8.84. The van der Waals surface area contributed by atoms with Crippen LogP contribution in [0.2, 0.25) is 0 Å². The molecule has 0 aromatic carbocycles. The van der Waals surface area contributed by atoms with Crippen molar-refractivity contribution in [3.05, 3.63) is 23.7 Å². The topological polar surface area (TPSA) is 50.4 Å². The molecule has 66 valence electrons. The van der Waals surface area contributed by atoms with Crippen LogP contribution in [0, 0.1) is 0 Å². The number of hydrogen-bond donors (Lipinski definition) is 1. The van der Waals surface area contributed by atoms with Crippen molar-refractivity contribution in [2.75, 3.05) is 0 Å². The van der Waals surface area contributed by atoms with Crippen LogP contribution in [-0.4, -0.2) is 11.1 Å². The Bertz CT molecular complexity index is 275. The molecule has 0 unspecified atom stereocenters. The molecule has 0 saturated heterocycles. The molecule has 0 saturated carbocycles. The summed E-state index contributed by atoms with van der Waals surface area (Å²) in [7, 11) is 0. The lowest BCUT2D eigenvalue weighted by molar-refractivity contribution is 0.0660. The molecule has 1 N–H and O–H groups in total. The van der Waals surface area contributed by atoms with Gasteiger partial charge in [0.2, 0.25) is 5.76 Å². The molecule has 1 atom stereocenters. The standard InChI is InChI=1S/C9H12O3/c1-3-6(2)7-4-5-8(12-7)9(10)11/h4-6H,3H2,1-2H3,(H,10,11)/t6-/m0/s1. The number of carbonyl (C=O) groups is 1. The molecule has 1 heterocycles. The van der Waals surface area contributed by atoms with E-state index in [0.29, 0.717) is 0 Å². The fourth-order valence-corrected chi connectivity index (χ4v) is 0.934. The quantitative estimate of drug-likeness (QED) is 0.754. The molecule has 0 bridgehead atoms. The molecule has 0 aliphatic carbocycles. The van der Waals surface area contributed by atoms with Crippen LogP contribution in [0.25, 0.3) is 0 Å². The second-order valence-electron chi connectivity index (χ2n) is 2.82. The third-order valence-corrected chi connectivity index (χ3v) is 1.94. The van der Waals surface area contributed by atoms with Gasteiger partial charge in [0, 0.05) is 5.92 Å². The fraction of sp³-hybridized carbons (Fsp3) is 0.444. The smallest absolute Gasteiger partial charge is 0.371 e.